The zero-order valence-corrected chi connectivity index (χ0v) is 12.7. The van der Waals surface area contributed by atoms with Gasteiger partial charge in [-0.15, -0.1) is 0 Å². The quantitative estimate of drug-likeness (QED) is 0.723. The maximum atomic E-state index is 11.9. The van der Waals surface area contributed by atoms with Crippen molar-refractivity contribution < 1.29 is 14.3 Å². The fraction of sp³-hybridized carbons (Fsp3) is 0.429. The van der Waals surface area contributed by atoms with Crippen LogP contribution in [-0.4, -0.2) is 38.5 Å². The van der Waals surface area contributed by atoms with Crippen LogP contribution in [0.2, 0.25) is 0 Å². The monoisotopic (exact) mass is 305 g/mol. The van der Waals surface area contributed by atoms with Crippen molar-refractivity contribution in [1.29, 1.82) is 0 Å². The zero-order valence-electron chi connectivity index (χ0n) is 12.7. The number of pyridine rings is 1. The van der Waals surface area contributed by atoms with Crippen molar-refractivity contribution in [1.82, 2.24) is 15.0 Å². The van der Waals surface area contributed by atoms with Crippen LogP contribution >= 0.6 is 0 Å². The Hall–Kier alpha value is -2.48. The zero-order chi connectivity index (χ0) is 16.3. The van der Waals surface area contributed by atoms with Crippen molar-refractivity contribution in [3.8, 4) is 0 Å². The first-order chi connectivity index (χ1) is 10.2. The number of anilines is 1. The van der Waals surface area contributed by atoms with Gasteiger partial charge in [-0.2, -0.15) is 4.98 Å². The maximum Gasteiger partial charge on any atom is 0.323 e. The molecule has 2 aromatic heterocycles. The number of nitrogens with one attached hydrogen (secondary N) is 2. The molecular weight excluding hydrogens is 286 g/mol. The van der Waals surface area contributed by atoms with Crippen LogP contribution in [0.5, 0.6) is 0 Å². The van der Waals surface area contributed by atoms with E-state index in [1.807, 2.05) is 0 Å². The molecule has 0 saturated heterocycles. The lowest BCUT2D eigenvalue weighted by Gasteiger charge is -2.21. The second-order valence-electron chi connectivity index (χ2n) is 5.85. The summed E-state index contributed by atoms with van der Waals surface area (Å²) in [4.78, 5) is 34.7. The second-order valence-corrected chi connectivity index (χ2v) is 5.85. The Bertz CT molecular complexity index is 656. The number of rotatable bonds is 4. The van der Waals surface area contributed by atoms with Crippen LogP contribution in [-0.2, 0) is 14.3 Å². The average Bonchev–Trinajstić information content (AvgIpc) is 2.78. The van der Waals surface area contributed by atoms with Gasteiger partial charge >= 0.3 is 5.97 Å². The predicted octanol–water partition coefficient (Wildman–Crippen LogP) is 0.955. The molecule has 0 aromatic carbocycles. The third-order valence-corrected chi connectivity index (χ3v) is 2.63. The smallest absolute Gasteiger partial charge is 0.323 e. The van der Waals surface area contributed by atoms with Gasteiger partial charge < -0.3 is 15.5 Å². The minimum Gasteiger partial charge on any atom is -0.459 e. The van der Waals surface area contributed by atoms with E-state index in [9.17, 15) is 9.59 Å². The molecule has 1 atom stereocenters. The summed E-state index contributed by atoms with van der Waals surface area (Å²) in [6.45, 7) is 5.21. The molecular formula is C14H19N5O3. The van der Waals surface area contributed by atoms with Gasteiger partial charge in [-0.25, -0.2) is 4.98 Å². The van der Waals surface area contributed by atoms with E-state index in [4.69, 9.17) is 10.5 Å². The van der Waals surface area contributed by atoms with Crippen molar-refractivity contribution in [2.24, 2.45) is 5.73 Å². The highest BCUT2D eigenvalue weighted by Crippen LogP contribution is 2.12. The minimum atomic E-state index is -1.03. The number of ether oxygens (including phenoxy) is 1. The van der Waals surface area contributed by atoms with Gasteiger partial charge in [-0.05, 0) is 32.9 Å². The van der Waals surface area contributed by atoms with Crippen molar-refractivity contribution in [2.75, 3.05) is 5.32 Å². The van der Waals surface area contributed by atoms with E-state index in [0.29, 0.717) is 11.2 Å². The first kappa shape index (κ1) is 15.9. The number of carbonyl (C=O) groups is 2. The van der Waals surface area contributed by atoms with Gasteiger partial charge in [0.15, 0.2) is 5.65 Å². The standard InChI is InChI=1S/C14H19N5O3/c1-14(2,3)22-12(21)8(15)7-10(20)18-13-17-9-5-4-6-16-11(9)19-13/h4-6,8H,7,15H2,1-3H3,(H2,16,17,18,19,20). The number of aromatic amines is 1. The summed E-state index contributed by atoms with van der Waals surface area (Å²) in [6.07, 6.45) is 1.41. The molecule has 22 heavy (non-hydrogen) atoms. The predicted molar refractivity (Wildman–Crippen MR) is 81.0 cm³/mol. The molecule has 2 heterocycles. The first-order valence-corrected chi connectivity index (χ1v) is 6.83. The van der Waals surface area contributed by atoms with Crippen molar-refractivity contribution in [2.45, 2.75) is 38.8 Å². The third kappa shape index (κ3) is 4.26. The number of amides is 1. The van der Waals surface area contributed by atoms with Crippen molar-refractivity contribution in [3.05, 3.63) is 18.3 Å². The van der Waals surface area contributed by atoms with Crippen LogP contribution < -0.4 is 11.1 Å². The van der Waals surface area contributed by atoms with E-state index in [1.165, 1.54) is 0 Å². The van der Waals surface area contributed by atoms with Gasteiger partial charge in [0.25, 0.3) is 0 Å². The summed E-state index contributed by atoms with van der Waals surface area (Å²) in [6, 6.07) is 2.52. The van der Waals surface area contributed by atoms with Crippen molar-refractivity contribution >= 4 is 29.0 Å². The topological polar surface area (TPSA) is 123 Å². The Morgan fingerprint density at radius 2 is 2.18 bits per heavy atom. The van der Waals surface area contributed by atoms with E-state index in [0.717, 1.165) is 0 Å². The van der Waals surface area contributed by atoms with Gasteiger partial charge in [0.05, 0.1) is 11.9 Å². The summed E-state index contributed by atoms with van der Waals surface area (Å²) in [5, 5.41) is 2.55. The highest BCUT2D eigenvalue weighted by molar-refractivity contribution is 5.94. The van der Waals surface area contributed by atoms with Crippen LogP contribution in [0.3, 0.4) is 0 Å². The molecule has 0 saturated carbocycles. The van der Waals surface area contributed by atoms with E-state index in [2.05, 4.69) is 20.3 Å². The maximum absolute atomic E-state index is 11.9. The van der Waals surface area contributed by atoms with Crippen LogP contribution in [0.15, 0.2) is 18.3 Å². The van der Waals surface area contributed by atoms with Gasteiger partial charge in [0.2, 0.25) is 11.9 Å². The number of nitrogens with two attached hydrogens (primary N) is 1. The fourth-order valence-electron chi connectivity index (χ4n) is 1.75. The molecule has 0 aliphatic carbocycles. The highest BCUT2D eigenvalue weighted by Gasteiger charge is 2.24. The molecule has 0 fully saturated rings. The molecule has 4 N–H and O–H groups in total. The van der Waals surface area contributed by atoms with E-state index < -0.39 is 23.5 Å². The third-order valence-electron chi connectivity index (χ3n) is 2.63. The number of aromatic nitrogens is 3. The summed E-state index contributed by atoms with van der Waals surface area (Å²) in [7, 11) is 0. The van der Waals surface area contributed by atoms with Crippen molar-refractivity contribution in [3.63, 3.8) is 0 Å². The molecule has 0 aliphatic heterocycles. The number of fused-ring (bicyclic) bond motifs is 1. The molecule has 0 bridgehead atoms. The molecule has 8 nitrogen and oxygen atoms in total. The molecule has 2 rings (SSSR count). The number of H-pyrrole nitrogens is 1. The van der Waals surface area contributed by atoms with Gasteiger partial charge in [0.1, 0.15) is 11.6 Å². The second kappa shape index (κ2) is 6.10. The lowest BCUT2D eigenvalue weighted by atomic mass is 10.1. The van der Waals surface area contributed by atoms with Crippen LogP contribution in [0.25, 0.3) is 11.2 Å². The normalized spacial score (nSPS) is 12.9. The lowest BCUT2D eigenvalue weighted by molar-refractivity contribution is -0.157. The molecule has 1 amide bonds. The average molecular weight is 305 g/mol. The van der Waals surface area contributed by atoms with Gasteiger partial charge in [0, 0.05) is 6.20 Å². The molecule has 2 aromatic rings. The number of imidazole rings is 1. The fourth-order valence-corrected chi connectivity index (χ4v) is 1.75. The van der Waals surface area contributed by atoms with Crippen LogP contribution in [0.1, 0.15) is 27.2 Å². The molecule has 0 aliphatic rings. The SMILES string of the molecule is CC(C)(C)OC(=O)C(N)CC(=O)Nc1nc2ncccc2[nH]1. The molecule has 0 radical (unpaired) electrons. The van der Waals surface area contributed by atoms with E-state index >= 15 is 0 Å². The first-order valence-electron chi connectivity index (χ1n) is 6.83. The van der Waals surface area contributed by atoms with Crippen LogP contribution in [0.4, 0.5) is 5.95 Å². The van der Waals surface area contributed by atoms with Crippen LogP contribution in [0, 0.1) is 0 Å². The number of carbonyl (C=O) groups excluding carboxylic acids is 2. The number of hydrogen-bond donors (Lipinski definition) is 3. The molecule has 118 valence electrons. The Labute approximate surface area is 127 Å². The summed E-state index contributed by atoms with van der Waals surface area (Å²) < 4.78 is 5.12. The van der Waals surface area contributed by atoms with E-state index in [-0.39, 0.29) is 12.4 Å². The lowest BCUT2D eigenvalue weighted by Crippen LogP contribution is -2.39. The Morgan fingerprint density at radius 1 is 1.45 bits per heavy atom. The molecule has 1 unspecified atom stereocenters. The van der Waals surface area contributed by atoms with Gasteiger partial charge in [-0.3, -0.25) is 14.9 Å². The number of esters is 1. The number of nitrogens with zero attached hydrogens (tertiary/aromatic N) is 2. The largest absolute Gasteiger partial charge is 0.459 e. The minimum absolute atomic E-state index is 0.195. The van der Waals surface area contributed by atoms with Gasteiger partial charge in [-0.1, -0.05) is 0 Å². The Balaban J connectivity index is 1.93. The Morgan fingerprint density at radius 3 is 2.82 bits per heavy atom. The van der Waals surface area contributed by atoms with E-state index in [1.54, 1.807) is 39.1 Å². The summed E-state index contributed by atoms with van der Waals surface area (Å²) in [5.41, 5.74) is 6.23. The summed E-state index contributed by atoms with van der Waals surface area (Å²) in [5.74, 6) is -0.790. The Kier molecular flexibility index (Phi) is 4.41. The highest BCUT2D eigenvalue weighted by atomic mass is 16.6. The number of hydrogen-bond acceptors (Lipinski definition) is 6. The molecule has 0 spiro atoms. The molecule has 8 heteroatoms. The summed E-state index contributed by atoms with van der Waals surface area (Å²) >= 11 is 0.